The number of hydrogen-bond donors (Lipinski definition) is 3. The number of nitrogens with one attached hydrogen (secondary N) is 3. The molecule has 4 heteroatoms. The quantitative estimate of drug-likeness (QED) is 0.750. The van der Waals surface area contributed by atoms with E-state index in [4.69, 9.17) is 0 Å². The Morgan fingerprint density at radius 1 is 1.13 bits per heavy atom. The highest BCUT2D eigenvalue weighted by atomic mass is 16.2. The molecule has 0 aromatic heterocycles. The van der Waals surface area contributed by atoms with Crippen LogP contribution in [0.25, 0.3) is 0 Å². The van der Waals surface area contributed by atoms with Gasteiger partial charge in [-0.1, -0.05) is 48.5 Å². The van der Waals surface area contributed by atoms with E-state index in [2.05, 4.69) is 52.3 Å². The van der Waals surface area contributed by atoms with Gasteiger partial charge in [-0.15, -0.1) is 0 Å². The average Bonchev–Trinajstić information content (AvgIpc) is 2.86. The Labute approximate surface area is 136 Å². The summed E-state index contributed by atoms with van der Waals surface area (Å²) in [6.07, 6.45) is 0.929. The van der Waals surface area contributed by atoms with Gasteiger partial charge in [0, 0.05) is 19.1 Å². The largest absolute Gasteiger partial charge is 0.353 e. The van der Waals surface area contributed by atoms with Gasteiger partial charge in [0.15, 0.2) is 5.54 Å². The molecule has 2 heterocycles. The second-order valence-electron chi connectivity index (χ2n) is 6.25. The lowest BCUT2D eigenvalue weighted by Gasteiger charge is -2.36. The molecule has 0 fully saturated rings. The van der Waals surface area contributed by atoms with Crippen LogP contribution >= 0.6 is 0 Å². The van der Waals surface area contributed by atoms with Crippen molar-refractivity contribution in [3.05, 3.63) is 70.8 Å². The van der Waals surface area contributed by atoms with Gasteiger partial charge in [-0.05, 0) is 35.7 Å². The zero-order chi connectivity index (χ0) is 15.9. The minimum absolute atomic E-state index is 0.0369. The third-order valence-electron chi connectivity index (χ3n) is 4.98. The molecule has 1 amide bonds. The van der Waals surface area contributed by atoms with Crippen LogP contribution in [0.3, 0.4) is 0 Å². The summed E-state index contributed by atoms with van der Waals surface area (Å²) in [5.74, 6) is 0.0369. The Hall–Kier alpha value is -2.17. The number of fused-ring (bicyclic) bond motifs is 7. The van der Waals surface area contributed by atoms with Crippen LogP contribution in [0, 0.1) is 0 Å². The van der Waals surface area contributed by atoms with E-state index in [1.165, 1.54) is 11.1 Å². The van der Waals surface area contributed by atoms with Gasteiger partial charge in [0.25, 0.3) is 0 Å². The van der Waals surface area contributed by atoms with Crippen LogP contribution in [0.4, 0.5) is 0 Å². The molecule has 0 saturated heterocycles. The van der Waals surface area contributed by atoms with E-state index in [9.17, 15) is 4.79 Å². The summed E-state index contributed by atoms with van der Waals surface area (Å²) in [4.78, 5) is 13.2. The highest BCUT2D eigenvalue weighted by molar-refractivity contribution is 5.94. The van der Waals surface area contributed by atoms with Crippen molar-refractivity contribution in [1.29, 1.82) is 0 Å². The van der Waals surface area contributed by atoms with Crippen LogP contribution in [0.2, 0.25) is 0 Å². The lowest BCUT2D eigenvalue weighted by Crippen LogP contribution is -2.55. The summed E-state index contributed by atoms with van der Waals surface area (Å²) in [5, 5.41) is 9.78. The summed E-state index contributed by atoms with van der Waals surface area (Å²) in [6.45, 7) is 1.38. The summed E-state index contributed by atoms with van der Waals surface area (Å²) in [5.41, 5.74) is 3.92. The van der Waals surface area contributed by atoms with Gasteiger partial charge in [0.05, 0.1) is 0 Å². The van der Waals surface area contributed by atoms with Crippen molar-refractivity contribution >= 4 is 5.91 Å². The average molecular weight is 307 g/mol. The molecule has 4 nitrogen and oxygen atoms in total. The fraction of sp³-hybridized carbons (Fsp3) is 0.316. The molecular formula is C19H21N3O. The van der Waals surface area contributed by atoms with E-state index in [0.717, 1.165) is 24.1 Å². The van der Waals surface area contributed by atoms with Crippen molar-refractivity contribution in [1.82, 2.24) is 16.0 Å². The standard InChI is InChI=1S/C19H21N3O/c1-20-10-11-21-18(23)19-15-8-4-2-6-13(15)12-17(22-19)14-7-3-5-9-16(14)19/h2-9,17,20,22H,10-12H2,1H3,(H,21,23). The zero-order valence-corrected chi connectivity index (χ0v) is 13.2. The molecule has 2 bridgehead atoms. The van der Waals surface area contributed by atoms with Crippen LogP contribution in [0.15, 0.2) is 48.5 Å². The lowest BCUT2D eigenvalue weighted by atomic mass is 9.80. The van der Waals surface area contributed by atoms with Gasteiger partial charge in [-0.3, -0.25) is 10.1 Å². The van der Waals surface area contributed by atoms with Crippen molar-refractivity contribution in [3.63, 3.8) is 0 Å². The second-order valence-corrected chi connectivity index (χ2v) is 6.25. The van der Waals surface area contributed by atoms with Crippen LogP contribution in [0.1, 0.15) is 28.3 Å². The normalized spacial score (nSPS) is 24.0. The molecule has 2 atom stereocenters. The number of carbonyl (C=O) groups excluding carboxylic acids is 1. The Kier molecular flexibility index (Phi) is 3.43. The Balaban J connectivity index is 1.85. The van der Waals surface area contributed by atoms with Crippen molar-refractivity contribution in [3.8, 4) is 0 Å². The zero-order valence-electron chi connectivity index (χ0n) is 13.2. The van der Waals surface area contributed by atoms with E-state index >= 15 is 0 Å². The molecule has 118 valence electrons. The predicted octanol–water partition coefficient (Wildman–Crippen LogP) is 1.47. The molecule has 3 N–H and O–H groups in total. The van der Waals surface area contributed by atoms with Gasteiger partial charge in [-0.25, -0.2) is 0 Å². The van der Waals surface area contributed by atoms with E-state index in [1.54, 1.807) is 0 Å². The summed E-state index contributed by atoms with van der Waals surface area (Å²) in [6, 6.07) is 16.8. The third-order valence-corrected chi connectivity index (χ3v) is 4.98. The van der Waals surface area contributed by atoms with Gasteiger partial charge in [0.2, 0.25) is 5.91 Å². The van der Waals surface area contributed by atoms with Crippen LogP contribution in [-0.4, -0.2) is 26.0 Å². The van der Waals surface area contributed by atoms with Gasteiger partial charge in [0.1, 0.15) is 0 Å². The minimum atomic E-state index is -0.760. The van der Waals surface area contributed by atoms with E-state index in [0.29, 0.717) is 6.54 Å². The highest BCUT2D eigenvalue weighted by Gasteiger charge is 2.53. The van der Waals surface area contributed by atoms with Crippen molar-refractivity contribution in [2.45, 2.75) is 18.0 Å². The minimum Gasteiger partial charge on any atom is -0.353 e. The lowest BCUT2D eigenvalue weighted by molar-refractivity contribution is -0.126. The first-order valence-electron chi connectivity index (χ1n) is 8.16. The molecule has 0 radical (unpaired) electrons. The van der Waals surface area contributed by atoms with Gasteiger partial charge < -0.3 is 10.6 Å². The molecule has 2 aromatic rings. The number of amides is 1. The first kappa shape index (κ1) is 14.4. The third kappa shape index (κ3) is 2.02. The van der Waals surface area contributed by atoms with Gasteiger partial charge >= 0.3 is 0 Å². The Bertz CT molecular complexity index is 745. The number of rotatable bonds is 4. The summed E-state index contributed by atoms with van der Waals surface area (Å²) >= 11 is 0. The van der Waals surface area contributed by atoms with E-state index in [1.807, 2.05) is 19.2 Å². The van der Waals surface area contributed by atoms with Crippen LogP contribution < -0.4 is 16.0 Å². The fourth-order valence-electron chi connectivity index (χ4n) is 3.97. The van der Waals surface area contributed by atoms with Crippen LogP contribution in [-0.2, 0) is 16.8 Å². The summed E-state index contributed by atoms with van der Waals surface area (Å²) in [7, 11) is 1.89. The molecule has 23 heavy (non-hydrogen) atoms. The fourth-order valence-corrected chi connectivity index (χ4v) is 3.97. The van der Waals surface area contributed by atoms with Crippen LogP contribution in [0.5, 0.6) is 0 Å². The monoisotopic (exact) mass is 307 g/mol. The molecule has 0 aliphatic carbocycles. The number of benzene rings is 2. The first-order valence-corrected chi connectivity index (χ1v) is 8.16. The maximum Gasteiger partial charge on any atom is 0.249 e. The molecular weight excluding hydrogens is 286 g/mol. The SMILES string of the molecule is CNCCNC(=O)C12NC(Cc3ccccc31)c1ccccc12. The van der Waals surface area contributed by atoms with Crippen molar-refractivity contribution in [2.75, 3.05) is 20.1 Å². The molecule has 0 saturated carbocycles. The maximum atomic E-state index is 13.2. The molecule has 2 aromatic carbocycles. The van der Waals surface area contributed by atoms with Crippen molar-refractivity contribution < 1.29 is 4.79 Å². The van der Waals surface area contributed by atoms with E-state index in [-0.39, 0.29) is 11.9 Å². The molecule has 4 rings (SSSR count). The molecule has 2 aliphatic heterocycles. The summed E-state index contributed by atoms with van der Waals surface area (Å²) < 4.78 is 0. The topological polar surface area (TPSA) is 53.2 Å². The Morgan fingerprint density at radius 2 is 1.87 bits per heavy atom. The van der Waals surface area contributed by atoms with E-state index < -0.39 is 5.54 Å². The molecule has 0 spiro atoms. The predicted molar refractivity (Wildman–Crippen MR) is 90.2 cm³/mol. The Morgan fingerprint density at radius 3 is 2.70 bits per heavy atom. The first-order chi connectivity index (χ1) is 11.3. The van der Waals surface area contributed by atoms with Gasteiger partial charge in [-0.2, -0.15) is 0 Å². The molecule has 2 unspecified atom stereocenters. The number of hydrogen-bond acceptors (Lipinski definition) is 3. The number of carbonyl (C=O) groups is 1. The number of likely N-dealkylation sites (N-methyl/N-ethyl adjacent to an activating group) is 1. The molecule has 2 aliphatic rings. The maximum absolute atomic E-state index is 13.2. The van der Waals surface area contributed by atoms with Crippen molar-refractivity contribution in [2.24, 2.45) is 0 Å². The second kappa shape index (κ2) is 5.48. The smallest absolute Gasteiger partial charge is 0.249 e. The highest BCUT2D eigenvalue weighted by Crippen LogP contribution is 2.48.